The maximum absolute atomic E-state index is 2.57. The van der Waals surface area contributed by atoms with Crippen LogP contribution in [0.2, 0.25) is 0 Å². The summed E-state index contributed by atoms with van der Waals surface area (Å²) in [5.74, 6) is 0.309. The molecule has 0 radical (unpaired) electrons. The highest BCUT2D eigenvalue weighted by atomic mass is 15.1. The highest BCUT2D eigenvalue weighted by Crippen LogP contribution is 2.56. The third-order valence-electron chi connectivity index (χ3n) is 11.6. The summed E-state index contributed by atoms with van der Waals surface area (Å²) in [6.45, 7) is 14.2. The van der Waals surface area contributed by atoms with Gasteiger partial charge in [0.25, 0.3) is 0 Å². The molecule has 0 aromatic heterocycles. The summed E-state index contributed by atoms with van der Waals surface area (Å²) < 4.78 is 0. The first kappa shape index (κ1) is 30.6. The van der Waals surface area contributed by atoms with Crippen LogP contribution in [0.5, 0.6) is 0 Å². The van der Waals surface area contributed by atoms with Gasteiger partial charge >= 0.3 is 0 Å². The maximum Gasteiger partial charge on any atom is 0.0543 e. The van der Waals surface area contributed by atoms with Crippen LogP contribution in [-0.2, 0) is 10.8 Å². The zero-order chi connectivity index (χ0) is 34.4. The van der Waals surface area contributed by atoms with E-state index >= 15 is 0 Å². The van der Waals surface area contributed by atoms with Crippen LogP contribution in [-0.4, -0.2) is 0 Å². The lowest BCUT2D eigenvalue weighted by Gasteiger charge is -2.32. The van der Waals surface area contributed by atoms with Gasteiger partial charge in [0.15, 0.2) is 0 Å². The smallest absolute Gasteiger partial charge is 0.0543 e. The van der Waals surface area contributed by atoms with Gasteiger partial charge in [-0.25, -0.2) is 0 Å². The minimum atomic E-state index is -0.0956. The third-order valence-corrected chi connectivity index (χ3v) is 11.6. The summed E-state index contributed by atoms with van der Waals surface area (Å²) in [5.41, 5.74) is 18.2. The Morgan fingerprint density at radius 2 is 1.04 bits per heavy atom. The van der Waals surface area contributed by atoms with Crippen molar-refractivity contribution in [3.8, 4) is 33.4 Å². The summed E-state index contributed by atoms with van der Waals surface area (Å²) in [6.07, 6.45) is 0. The lowest BCUT2D eigenvalue weighted by Crippen LogP contribution is -2.18. The standard InChI is InChI=1S/C49H43N/c1-31(2)40-29-35(34-23-22-32-14-7-8-15-33(32)28-34)24-27-45(40)50(36-25-26-38-37-16-9-11-18-41(37)49(5,6)44(38)30-36)46-21-13-20-43-47(46)39-17-10-12-19-42(39)48(43,3)4/h7-31H,1-6H3. The summed E-state index contributed by atoms with van der Waals surface area (Å²) in [7, 11) is 0. The zero-order valence-electron chi connectivity index (χ0n) is 29.9. The molecule has 0 saturated heterocycles. The van der Waals surface area contributed by atoms with Gasteiger partial charge in [-0.15, -0.1) is 0 Å². The molecule has 0 bridgehead atoms. The molecule has 2 aliphatic rings. The Morgan fingerprint density at radius 1 is 0.440 bits per heavy atom. The van der Waals surface area contributed by atoms with Crippen LogP contribution in [0.1, 0.15) is 75.3 Å². The van der Waals surface area contributed by atoms with E-state index in [4.69, 9.17) is 0 Å². The van der Waals surface area contributed by atoms with E-state index in [0.29, 0.717) is 5.92 Å². The Morgan fingerprint density at radius 3 is 1.82 bits per heavy atom. The molecule has 50 heavy (non-hydrogen) atoms. The van der Waals surface area contributed by atoms with Crippen molar-refractivity contribution in [3.63, 3.8) is 0 Å². The van der Waals surface area contributed by atoms with Gasteiger partial charge in [0.1, 0.15) is 0 Å². The first-order chi connectivity index (χ1) is 24.1. The lowest BCUT2D eigenvalue weighted by atomic mass is 9.82. The molecule has 7 aromatic rings. The molecule has 0 atom stereocenters. The van der Waals surface area contributed by atoms with Crippen LogP contribution >= 0.6 is 0 Å². The number of hydrogen-bond acceptors (Lipinski definition) is 1. The van der Waals surface area contributed by atoms with Crippen LogP contribution in [0, 0.1) is 0 Å². The number of fused-ring (bicyclic) bond motifs is 7. The van der Waals surface area contributed by atoms with E-state index in [1.54, 1.807) is 0 Å². The molecule has 1 heteroatoms. The Kier molecular flexibility index (Phi) is 6.78. The molecule has 9 rings (SSSR count). The van der Waals surface area contributed by atoms with Crippen LogP contribution < -0.4 is 4.90 Å². The van der Waals surface area contributed by atoms with Gasteiger partial charge < -0.3 is 4.90 Å². The van der Waals surface area contributed by atoms with Gasteiger partial charge in [0.2, 0.25) is 0 Å². The number of hydrogen-bond donors (Lipinski definition) is 0. The van der Waals surface area contributed by atoms with Gasteiger partial charge in [0, 0.05) is 27.8 Å². The average molecular weight is 646 g/mol. The molecule has 0 aliphatic heterocycles. The fraction of sp³-hybridized carbons (Fsp3) is 0.184. The van der Waals surface area contributed by atoms with E-state index < -0.39 is 0 Å². The van der Waals surface area contributed by atoms with Crippen LogP contribution in [0.4, 0.5) is 17.1 Å². The van der Waals surface area contributed by atoms with Crippen molar-refractivity contribution < 1.29 is 0 Å². The average Bonchev–Trinajstić information content (AvgIpc) is 3.51. The topological polar surface area (TPSA) is 3.24 Å². The second-order valence-corrected chi connectivity index (χ2v) is 15.6. The molecule has 0 unspecified atom stereocenters. The molecule has 0 amide bonds. The van der Waals surface area contributed by atoms with Crippen molar-refractivity contribution in [3.05, 3.63) is 173 Å². The second kappa shape index (κ2) is 11.1. The molecule has 244 valence electrons. The zero-order valence-corrected chi connectivity index (χ0v) is 29.9. The lowest BCUT2D eigenvalue weighted by molar-refractivity contribution is 0.660. The van der Waals surface area contributed by atoms with Gasteiger partial charge in [-0.2, -0.15) is 0 Å². The van der Waals surface area contributed by atoms with Gasteiger partial charge in [0.05, 0.1) is 5.69 Å². The highest BCUT2D eigenvalue weighted by Gasteiger charge is 2.39. The Balaban J connectivity index is 1.29. The molecular formula is C49H43N. The number of nitrogens with zero attached hydrogens (tertiary/aromatic N) is 1. The molecule has 0 heterocycles. The first-order valence-electron chi connectivity index (χ1n) is 18.1. The van der Waals surface area contributed by atoms with Gasteiger partial charge in [-0.05, 0) is 109 Å². The summed E-state index contributed by atoms with van der Waals surface area (Å²) in [6, 6.07) is 54.7. The monoisotopic (exact) mass is 645 g/mol. The maximum atomic E-state index is 2.57. The molecule has 7 aromatic carbocycles. The van der Waals surface area contributed by atoms with E-state index in [9.17, 15) is 0 Å². The SMILES string of the molecule is CC(C)c1cc(-c2ccc3ccccc3c2)ccc1N(c1ccc2c(c1)C(C)(C)c1ccccc1-2)c1cccc2c1-c1ccccc1C2(C)C. The Labute approximate surface area is 296 Å². The van der Waals surface area contributed by atoms with Gasteiger partial charge in [-0.1, -0.05) is 151 Å². The number of benzene rings is 7. The summed E-state index contributed by atoms with van der Waals surface area (Å²) in [5, 5.41) is 2.54. The molecule has 2 aliphatic carbocycles. The summed E-state index contributed by atoms with van der Waals surface area (Å²) >= 11 is 0. The van der Waals surface area contributed by atoms with Crippen LogP contribution in [0.15, 0.2) is 146 Å². The molecule has 0 spiro atoms. The molecule has 0 fully saturated rings. The van der Waals surface area contributed by atoms with Crippen molar-refractivity contribution in [2.45, 2.75) is 58.3 Å². The van der Waals surface area contributed by atoms with Crippen molar-refractivity contribution in [1.29, 1.82) is 0 Å². The van der Waals surface area contributed by atoms with E-state index in [-0.39, 0.29) is 10.8 Å². The van der Waals surface area contributed by atoms with E-state index in [2.05, 4.69) is 192 Å². The molecular weight excluding hydrogens is 603 g/mol. The van der Waals surface area contributed by atoms with Crippen molar-refractivity contribution in [1.82, 2.24) is 0 Å². The molecule has 0 N–H and O–H groups in total. The third kappa shape index (κ3) is 4.46. The summed E-state index contributed by atoms with van der Waals surface area (Å²) in [4.78, 5) is 2.57. The molecule has 1 nitrogen and oxygen atoms in total. The normalized spacial score (nSPS) is 14.7. The van der Waals surface area contributed by atoms with E-state index in [1.807, 2.05) is 0 Å². The second-order valence-electron chi connectivity index (χ2n) is 15.6. The van der Waals surface area contributed by atoms with Crippen molar-refractivity contribution >= 4 is 27.8 Å². The fourth-order valence-electron chi connectivity index (χ4n) is 8.93. The van der Waals surface area contributed by atoms with Gasteiger partial charge in [-0.3, -0.25) is 0 Å². The van der Waals surface area contributed by atoms with Crippen molar-refractivity contribution in [2.24, 2.45) is 0 Å². The Hall–Kier alpha value is -5.40. The number of anilines is 3. The largest absolute Gasteiger partial charge is 0.310 e. The van der Waals surface area contributed by atoms with E-state index in [0.717, 1.165) is 0 Å². The fourth-order valence-corrected chi connectivity index (χ4v) is 8.93. The predicted molar refractivity (Wildman–Crippen MR) is 213 cm³/mol. The molecule has 0 saturated carbocycles. The van der Waals surface area contributed by atoms with Crippen LogP contribution in [0.3, 0.4) is 0 Å². The van der Waals surface area contributed by atoms with Crippen molar-refractivity contribution in [2.75, 3.05) is 4.90 Å². The minimum Gasteiger partial charge on any atom is -0.310 e. The predicted octanol–water partition coefficient (Wildman–Crippen LogP) is 13.7. The quantitative estimate of drug-likeness (QED) is 0.180. The minimum absolute atomic E-state index is 0.0873. The Bertz CT molecular complexity index is 2480. The highest BCUT2D eigenvalue weighted by molar-refractivity contribution is 5.97. The first-order valence-corrected chi connectivity index (χ1v) is 18.1. The number of rotatable bonds is 5. The van der Waals surface area contributed by atoms with Crippen LogP contribution in [0.25, 0.3) is 44.2 Å². The van der Waals surface area contributed by atoms with E-state index in [1.165, 1.54) is 89.0 Å².